The third-order valence-electron chi connectivity index (χ3n) is 4.46. The molecule has 1 atom stereocenters. The predicted molar refractivity (Wildman–Crippen MR) is 89.8 cm³/mol. The van der Waals surface area contributed by atoms with Crippen LogP contribution in [0.5, 0.6) is 0 Å². The lowest BCUT2D eigenvalue weighted by Crippen LogP contribution is -2.38. The Morgan fingerprint density at radius 1 is 1.14 bits per heavy atom. The van der Waals surface area contributed by atoms with Gasteiger partial charge in [-0.1, -0.05) is 52.0 Å². The molecular formula is C19H31NO. The van der Waals surface area contributed by atoms with Crippen molar-refractivity contribution in [1.82, 2.24) is 5.32 Å². The second kappa shape index (κ2) is 7.42. The quantitative estimate of drug-likeness (QED) is 0.819. The first-order valence-corrected chi connectivity index (χ1v) is 8.38. The fourth-order valence-electron chi connectivity index (χ4n) is 3.07. The van der Waals surface area contributed by atoms with E-state index in [1.165, 1.54) is 17.5 Å². The second-order valence-electron chi connectivity index (χ2n) is 7.40. The summed E-state index contributed by atoms with van der Waals surface area (Å²) >= 11 is 0. The van der Waals surface area contributed by atoms with Gasteiger partial charge >= 0.3 is 0 Å². The first-order valence-electron chi connectivity index (χ1n) is 8.38. The van der Waals surface area contributed by atoms with Crippen molar-refractivity contribution in [2.45, 2.75) is 46.5 Å². The minimum absolute atomic E-state index is 0.286. The highest BCUT2D eigenvalue weighted by Crippen LogP contribution is 2.32. The minimum Gasteiger partial charge on any atom is -0.381 e. The van der Waals surface area contributed by atoms with Gasteiger partial charge in [0.2, 0.25) is 0 Å². The highest BCUT2D eigenvalue weighted by molar-refractivity contribution is 5.25. The number of hydrogen-bond acceptors (Lipinski definition) is 2. The molecule has 2 nitrogen and oxygen atoms in total. The van der Waals surface area contributed by atoms with Crippen molar-refractivity contribution in [1.29, 1.82) is 0 Å². The third-order valence-corrected chi connectivity index (χ3v) is 4.46. The van der Waals surface area contributed by atoms with Crippen LogP contribution in [0.3, 0.4) is 0 Å². The zero-order chi connectivity index (χ0) is 15.3. The summed E-state index contributed by atoms with van der Waals surface area (Å²) in [5.41, 5.74) is 3.15. The molecule has 21 heavy (non-hydrogen) atoms. The van der Waals surface area contributed by atoms with Crippen LogP contribution in [0.25, 0.3) is 0 Å². The van der Waals surface area contributed by atoms with Crippen LogP contribution in [0.15, 0.2) is 24.3 Å². The molecule has 1 aliphatic rings. The van der Waals surface area contributed by atoms with Crippen molar-refractivity contribution in [2.24, 2.45) is 11.3 Å². The van der Waals surface area contributed by atoms with E-state index in [9.17, 15) is 0 Å². The van der Waals surface area contributed by atoms with Gasteiger partial charge in [0.05, 0.1) is 6.61 Å². The smallest absolute Gasteiger partial charge is 0.0538 e. The van der Waals surface area contributed by atoms with E-state index in [2.05, 4.69) is 57.3 Å². The highest BCUT2D eigenvalue weighted by atomic mass is 16.5. The second-order valence-corrected chi connectivity index (χ2v) is 7.40. The standard InChI is InChI=1S/C19H31NO/c1-15(2)12-20-13-19(9-10-21-14-19)11-17-5-7-18(8-6-17)16(3)4/h5-8,15-16,20H,9-14H2,1-4H3. The van der Waals surface area contributed by atoms with Crippen LogP contribution in [0.1, 0.15) is 51.2 Å². The molecule has 0 amide bonds. The average molecular weight is 289 g/mol. The van der Waals surface area contributed by atoms with Gasteiger partial charge in [-0.2, -0.15) is 0 Å². The molecule has 118 valence electrons. The topological polar surface area (TPSA) is 21.3 Å². The van der Waals surface area contributed by atoms with Gasteiger partial charge in [0.25, 0.3) is 0 Å². The Labute approximate surface area is 130 Å². The van der Waals surface area contributed by atoms with Crippen LogP contribution < -0.4 is 5.32 Å². The van der Waals surface area contributed by atoms with E-state index >= 15 is 0 Å². The Hall–Kier alpha value is -0.860. The number of rotatable bonds is 7. The summed E-state index contributed by atoms with van der Waals surface area (Å²) in [6, 6.07) is 9.17. The summed E-state index contributed by atoms with van der Waals surface area (Å²) in [5.74, 6) is 1.31. The lowest BCUT2D eigenvalue weighted by Gasteiger charge is -2.28. The maximum absolute atomic E-state index is 5.71. The number of benzene rings is 1. The summed E-state index contributed by atoms with van der Waals surface area (Å²) in [5, 5.41) is 3.64. The average Bonchev–Trinajstić information content (AvgIpc) is 2.87. The Morgan fingerprint density at radius 3 is 2.38 bits per heavy atom. The Balaban J connectivity index is 1.98. The lowest BCUT2D eigenvalue weighted by molar-refractivity contribution is 0.148. The van der Waals surface area contributed by atoms with Crippen LogP contribution in [-0.4, -0.2) is 26.3 Å². The van der Waals surface area contributed by atoms with E-state index in [0.717, 1.165) is 32.7 Å². The first kappa shape index (κ1) is 16.5. The zero-order valence-electron chi connectivity index (χ0n) is 14.1. The highest BCUT2D eigenvalue weighted by Gasteiger charge is 2.34. The van der Waals surface area contributed by atoms with E-state index in [4.69, 9.17) is 4.74 Å². The molecule has 1 N–H and O–H groups in total. The predicted octanol–water partition coefficient (Wildman–Crippen LogP) is 4.00. The number of nitrogens with one attached hydrogen (secondary N) is 1. The molecule has 1 heterocycles. The maximum Gasteiger partial charge on any atom is 0.0538 e. The molecule has 0 saturated carbocycles. The van der Waals surface area contributed by atoms with Gasteiger partial charge in [-0.25, -0.2) is 0 Å². The van der Waals surface area contributed by atoms with E-state index in [-0.39, 0.29) is 5.41 Å². The van der Waals surface area contributed by atoms with Gasteiger partial charge in [-0.3, -0.25) is 0 Å². The molecule has 0 aliphatic carbocycles. The molecule has 1 aromatic carbocycles. The van der Waals surface area contributed by atoms with Crippen molar-refractivity contribution in [3.63, 3.8) is 0 Å². The number of ether oxygens (including phenoxy) is 1. The minimum atomic E-state index is 0.286. The van der Waals surface area contributed by atoms with Crippen molar-refractivity contribution >= 4 is 0 Å². The third kappa shape index (κ3) is 4.82. The summed E-state index contributed by atoms with van der Waals surface area (Å²) in [6.45, 7) is 13.0. The summed E-state index contributed by atoms with van der Waals surface area (Å²) in [6.07, 6.45) is 2.29. The Kier molecular flexibility index (Phi) is 5.83. The fraction of sp³-hybridized carbons (Fsp3) is 0.684. The van der Waals surface area contributed by atoms with Crippen molar-refractivity contribution < 1.29 is 4.74 Å². The SMILES string of the molecule is CC(C)CNCC1(Cc2ccc(C(C)C)cc2)CCOC1. The van der Waals surface area contributed by atoms with Crippen molar-refractivity contribution in [2.75, 3.05) is 26.3 Å². The van der Waals surface area contributed by atoms with Crippen LogP contribution >= 0.6 is 0 Å². The van der Waals surface area contributed by atoms with Crippen molar-refractivity contribution in [3.05, 3.63) is 35.4 Å². The first-order chi connectivity index (χ1) is 10.0. The molecule has 1 saturated heterocycles. The van der Waals surface area contributed by atoms with Crippen LogP contribution in [0, 0.1) is 11.3 Å². The Morgan fingerprint density at radius 2 is 1.86 bits per heavy atom. The normalized spacial score (nSPS) is 22.4. The largest absolute Gasteiger partial charge is 0.381 e. The molecule has 0 bridgehead atoms. The fourth-order valence-corrected chi connectivity index (χ4v) is 3.07. The van der Waals surface area contributed by atoms with E-state index < -0.39 is 0 Å². The van der Waals surface area contributed by atoms with Gasteiger partial charge in [-0.05, 0) is 42.3 Å². The maximum atomic E-state index is 5.71. The van der Waals surface area contributed by atoms with Crippen LogP contribution in [0.4, 0.5) is 0 Å². The molecule has 1 aromatic rings. The number of hydrogen-bond donors (Lipinski definition) is 1. The molecule has 1 aliphatic heterocycles. The molecule has 2 heteroatoms. The molecule has 1 fully saturated rings. The van der Waals surface area contributed by atoms with Gasteiger partial charge in [0, 0.05) is 18.6 Å². The molecule has 0 spiro atoms. The van der Waals surface area contributed by atoms with Crippen LogP contribution in [0.2, 0.25) is 0 Å². The monoisotopic (exact) mass is 289 g/mol. The summed E-state index contributed by atoms with van der Waals surface area (Å²) in [4.78, 5) is 0. The summed E-state index contributed by atoms with van der Waals surface area (Å²) in [7, 11) is 0. The van der Waals surface area contributed by atoms with Gasteiger partial charge < -0.3 is 10.1 Å². The van der Waals surface area contributed by atoms with Gasteiger partial charge in [0.15, 0.2) is 0 Å². The molecule has 0 radical (unpaired) electrons. The van der Waals surface area contributed by atoms with Gasteiger partial charge in [-0.15, -0.1) is 0 Å². The molecular weight excluding hydrogens is 258 g/mol. The van der Waals surface area contributed by atoms with E-state index in [0.29, 0.717) is 11.8 Å². The molecule has 0 aromatic heterocycles. The van der Waals surface area contributed by atoms with E-state index in [1.54, 1.807) is 0 Å². The molecule has 2 rings (SSSR count). The molecule has 1 unspecified atom stereocenters. The summed E-state index contributed by atoms with van der Waals surface area (Å²) < 4.78 is 5.71. The van der Waals surface area contributed by atoms with Crippen molar-refractivity contribution in [3.8, 4) is 0 Å². The van der Waals surface area contributed by atoms with Crippen LogP contribution in [-0.2, 0) is 11.2 Å². The lowest BCUT2D eigenvalue weighted by atomic mass is 9.80. The zero-order valence-corrected chi connectivity index (χ0v) is 14.1. The van der Waals surface area contributed by atoms with E-state index in [1.807, 2.05) is 0 Å². The van der Waals surface area contributed by atoms with Gasteiger partial charge in [0.1, 0.15) is 0 Å². The Bertz CT molecular complexity index is 416.